The number of rotatable bonds is 1. The molecule has 4 atom stereocenters. The average molecular weight is 280 g/mol. The molecule has 1 amide bonds. The SMILES string of the molecule is CC1(O)CCCN(C(=O)C2CCC3CCCCC3N2)C1. The summed E-state index contributed by atoms with van der Waals surface area (Å²) in [5.74, 6) is 1.01. The first kappa shape index (κ1) is 14.3. The van der Waals surface area contributed by atoms with Crippen LogP contribution in [0.4, 0.5) is 0 Å². The third-order valence-electron chi connectivity index (χ3n) is 5.44. The molecule has 0 radical (unpaired) electrons. The molecule has 0 spiro atoms. The number of aliphatic hydroxyl groups is 1. The standard InChI is InChI=1S/C16H28N2O2/c1-16(20)9-4-10-18(11-16)15(19)14-8-7-12-5-2-3-6-13(12)17-14/h12-14,17,20H,2-11H2,1H3. The number of carbonyl (C=O) groups is 1. The fourth-order valence-corrected chi connectivity index (χ4v) is 4.32. The lowest BCUT2D eigenvalue weighted by Crippen LogP contribution is -2.58. The monoisotopic (exact) mass is 280 g/mol. The lowest BCUT2D eigenvalue weighted by Gasteiger charge is -2.43. The van der Waals surface area contributed by atoms with E-state index in [1.54, 1.807) is 0 Å². The molecule has 4 nitrogen and oxygen atoms in total. The highest BCUT2D eigenvalue weighted by Gasteiger charge is 2.38. The number of likely N-dealkylation sites (tertiary alicyclic amines) is 1. The van der Waals surface area contributed by atoms with Crippen molar-refractivity contribution in [2.75, 3.05) is 13.1 Å². The van der Waals surface area contributed by atoms with Gasteiger partial charge in [-0.2, -0.15) is 0 Å². The predicted octanol–water partition coefficient (Wildman–Crippen LogP) is 1.67. The van der Waals surface area contributed by atoms with Crippen LogP contribution in [0.3, 0.4) is 0 Å². The molecule has 20 heavy (non-hydrogen) atoms. The van der Waals surface area contributed by atoms with E-state index in [0.29, 0.717) is 12.6 Å². The molecule has 3 aliphatic rings. The van der Waals surface area contributed by atoms with Crippen molar-refractivity contribution in [1.82, 2.24) is 10.2 Å². The Bertz CT molecular complexity index is 369. The second kappa shape index (κ2) is 5.64. The molecule has 2 saturated heterocycles. The Balaban J connectivity index is 1.60. The summed E-state index contributed by atoms with van der Waals surface area (Å²) in [5, 5.41) is 13.8. The van der Waals surface area contributed by atoms with Gasteiger partial charge < -0.3 is 15.3 Å². The van der Waals surface area contributed by atoms with Gasteiger partial charge in [0.15, 0.2) is 0 Å². The van der Waals surface area contributed by atoms with Gasteiger partial charge in [-0.05, 0) is 51.4 Å². The summed E-state index contributed by atoms with van der Waals surface area (Å²) in [6.45, 7) is 3.15. The van der Waals surface area contributed by atoms with Gasteiger partial charge in [-0.1, -0.05) is 12.8 Å². The largest absolute Gasteiger partial charge is 0.388 e. The topological polar surface area (TPSA) is 52.6 Å². The molecule has 3 fully saturated rings. The smallest absolute Gasteiger partial charge is 0.239 e. The van der Waals surface area contributed by atoms with E-state index in [9.17, 15) is 9.90 Å². The number of piperidine rings is 2. The van der Waals surface area contributed by atoms with E-state index in [0.717, 1.165) is 31.7 Å². The first-order valence-corrected chi connectivity index (χ1v) is 8.32. The summed E-state index contributed by atoms with van der Waals surface area (Å²) >= 11 is 0. The molecular weight excluding hydrogens is 252 g/mol. The lowest BCUT2D eigenvalue weighted by molar-refractivity contribution is -0.141. The number of hydrogen-bond donors (Lipinski definition) is 2. The number of fused-ring (bicyclic) bond motifs is 1. The molecule has 0 aromatic heterocycles. The van der Waals surface area contributed by atoms with Crippen LogP contribution in [0.15, 0.2) is 0 Å². The third kappa shape index (κ3) is 3.01. The minimum Gasteiger partial charge on any atom is -0.388 e. The van der Waals surface area contributed by atoms with E-state index < -0.39 is 5.60 Å². The van der Waals surface area contributed by atoms with Crippen molar-refractivity contribution in [2.45, 2.75) is 76.0 Å². The van der Waals surface area contributed by atoms with Crippen molar-refractivity contribution in [3.63, 3.8) is 0 Å². The number of amides is 1. The van der Waals surface area contributed by atoms with Crippen LogP contribution in [0.25, 0.3) is 0 Å². The van der Waals surface area contributed by atoms with Gasteiger partial charge in [0.2, 0.25) is 5.91 Å². The molecule has 114 valence electrons. The number of nitrogens with one attached hydrogen (secondary N) is 1. The molecule has 0 aromatic carbocycles. The number of β-amino-alcohol motifs (C(OH)–C–C–N with tert-alkyl or cyclic N) is 1. The molecule has 2 N–H and O–H groups in total. The van der Waals surface area contributed by atoms with Crippen molar-refractivity contribution in [3.8, 4) is 0 Å². The van der Waals surface area contributed by atoms with Gasteiger partial charge in [0.1, 0.15) is 0 Å². The predicted molar refractivity (Wildman–Crippen MR) is 78.3 cm³/mol. The molecule has 2 heterocycles. The molecule has 3 rings (SSSR count). The minimum atomic E-state index is -0.698. The Kier molecular flexibility index (Phi) is 4.04. The Morgan fingerprint density at radius 3 is 2.80 bits per heavy atom. The maximum absolute atomic E-state index is 12.7. The van der Waals surface area contributed by atoms with Crippen molar-refractivity contribution >= 4 is 5.91 Å². The zero-order chi connectivity index (χ0) is 14.2. The maximum Gasteiger partial charge on any atom is 0.239 e. The number of nitrogens with zero attached hydrogens (tertiary/aromatic N) is 1. The molecule has 1 aliphatic carbocycles. The highest BCUT2D eigenvalue weighted by atomic mass is 16.3. The third-order valence-corrected chi connectivity index (χ3v) is 5.44. The van der Waals surface area contributed by atoms with Gasteiger partial charge >= 0.3 is 0 Å². The highest BCUT2D eigenvalue weighted by Crippen LogP contribution is 2.33. The summed E-state index contributed by atoms with van der Waals surface area (Å²) < 4.78 is 0. The van der Waals surface area contributed by atoms with Crippen LogP contribution in [-0.2, 0) is 4.79 Å². The zero-order valence-corrected chi connectivity index (χ0v) is 12.6. The first-order chi connectivity index (χ1) is 9.55. The summed E-state index contributed by atoms with van der Waals surface area (Å²) in [7, 11) is 0. The van der Waals surface area contributed by atoms with E-state index in [1.807, 2.05) is 11.8 Å². The van der Waals surface area contributed by atoms with Crippen LogP contribution in [0.2, 0.25) is 0 Å². The van der Waals surface area contributed by atoms with Crippen molar-refractivity contribution in [2.24, 2.45) is 5.92 Å². The summed E-state index contributed by atoms with van der Waals surface area (Å²) in [6.07, 6.45) is 9.10. The lowest BCUT2D eigenvalue weighted by atomic mass is 9.77. The molecule has 2 aliphatic heterocycles. The first-order valence-electron chi connectivity index (χ1n) is 8.32. The fourth-order valence-electron chi connectivity index (χ4n) is 4.32. The van der Waals surface area contributed by atoms with Crippen LogP contribution in [0.1, 0.15) is 58.3 Å². The second-order valence-corrected chi connectivity index (χ2v) is 7.31. The molecule has 0 bridgehead atoms. The van der Waals surface area contributed by atoms with Crippen LogP contribution < -0.4 is 5.32 Å². The van der Waals surface area contributed by atoms with E-state index in [1.165, 1.54) is 32.1 Å². The van der Waals surface area contributed by atoms with E-state index in [-0.39, 0.29) is 11.9 Å². The van der Waals surface area contributed by atoms with E-state index in [4.69, 9.17) is 0 Å². The van der Waals surface area contributed by atoms with Crippen LogP contribution in [0.5, 0.6) is 0 Å². The Labute approximate surface area is 121 Å². The summed E-state index contributed by atoms with van der Waals surface area (Å²) in [5.41, 5.74) is -0.698. The second-order valence-electron chi connectivity index (χ2n) is 7.31. The normalized spacial score (nSPS) is 42.1. The molecule has 4 heteroatoms. The zero-order valence-electron chi connectivity index (χ0n) is 12.6. The van der Waals surface area contributed by atoms with Crippen molar-refractivity contribution < 1.29 is 9.90 Å². The maximum atomic E-state index is 12.7. The highest BCUT2D eigenvalue weighted by molar-refractivity contribution is 5.82. The fraction of sp³-hybridized carbons (Fsp3) is 0.938. The van der Waals surface area contributed by atoms with Gasteiger partial charge in [-0.25, -0.2) is 0 Å². The molecule has 1 saturated carbocycles. The van der Waals surface area contributed by atoms with Gasteiger partial charge in [-0.3, -0.25) is 4.79 Å². The minimum absolute atomic E-state index is 0.0109. The Morgan fingerprint density at radius 2 is 2.00 bits per heavy atom. The summed E-state index contributed by atoms with van der Waals surface area (Å²) in [6, 6.07) is 0.542. The van der Waals surface area contributed by atoms with E-state index >= 15 is 0 Å². The van der Waals surface area contributed by atoms with E-state index in [2.05, 4.69) is 5.32 Å². The Hall–Kier alpha value is -0.610. The molecule has 4 unspecified atom stereocenters. The Morgan fingerprint density at radius 1 is 1.20 bits per heavy atom. The quantitative estimate of drug-likeness (QED) is 0.768. The average Bonchev–Trinajstić information content (AvgIpc) is 2.45. The summed E-state index contributed by atoms with van der Waals surface area (Å²) in [4.78, 5) is 14.5. The van der Waals surface area contributed by atoms with Crippen molar-refractivity contribution in [3.05, 3.63) is 0 Å². The number of carbonyl (C=O) groups excluding carboxylic acids is 1. The van der Waals surface area contributed by atoms with Crippen LogP contribution in [-0.4, -0.2) is 46.7 Å². The van der Waals surface area contributed by atoms with Crippen LogP contribution >= 0.6 is 0 Å². The van der Waals surface area contributed by atoms with Gasteiger partial charge in [0.25, 0.3) is 0 Å². The van der Waals surface area contributed by atoms with Gasteiger partial charge in [-0.15, -0.1) is 0 Å². The van der Waals surface area contributed by atoms with Crippen molar-refractivity contribution in [1.29, 1.82) is 0 Å². The molecule has 0 aromatic rings. The number of hydrogen-bond acceptors (Lipinski definition) is 3. The van der Waals surface area contributed by atoms with Gasteiger partial charge in [0.05, 0.1) is 11.6 Å². The van der Waals surface area contributed by atoms with Crippen LogP contribution in [0, 0.1) is 5.92 Å². The van der Waals surface area contributed by atoms with Gasteiger partial charge in [0, 0.05) is 19.1 Å². The molecular formula is C16H28N2O2.